The van der Waals surface area contributed by atoms with Crippen LogP contribution in [0.1, 0.15) is 41.7 Å². The fraction of sp³-hybridized carbons (Fsp3) is 0.500. The summed E-state index contributed by atoms with van der Waals surface area (Å²) in [5, 5.41) is 9.38. The molecule has 0 spiro atoms. The number of carbonyl (C=O) groups excluding carboxylic acids is 1. The zero-order chi connectivity index (χ0) is 16.1. The third kappa shape index (κ3) is 3.57. The first-order valence-corrected chi connectivity index (χ1v) is 7.36. The van der Waals surface area contributed by atoms with Crippen molar-refractivity contribution in [2.75, 3.05) is 20.3 Å². The normalized spacial score (nSPS) is 21.5. The van der Waals surface area contributed by atoms with Gasteiger partial charge in [0.25, 0.3) is 0 Å². The van der Waals surface area contributed by atoms with Gasteiger partial charge in [0.1, 0.15) is 0 Å². The third-order valence-corrected chi connectivity index (χ3v) is 3.92. The van der Waals surface area contributed by atoms with Crippen LogP contribution in [0.25, 0.3) is 0 Å². The first-order chi connectivity index (χ1) is 10.6. The van der Waals surface area contributed by atoms with Crippen LogP contribution in [0, 0.1) is 0 Å². The molecule has 0 bridgehead atoms. The average Bonchev–Trinajstić information content (AvgIpc) is 2.54. The molecule has 2 rings (SSSR count). The molecular formula is C16H21NO5. The Labute approximate surface area is 129 Å². The van der Waals surface area contributed by atoms with Gasteiger partial charge in [0.2, 0.25) is 0 Å². The van der Waals surface area contributed by atoms with Gasteiger partial charge < -0.3 is 19.5 Å². The van der Waals surface area contributed by atoms with Crippen LogP contribution < -0.4 is 0 Å². The smallest absolute Gasteiger partial charge is 0.407 e. The van der Waals surface area contributed by atoms with Crippen molar-refractivity contribution in [3.05, 3.63) is 35.4 Å². The van der Waals surface area contributed by atoms with Gasteiger partial charge in [-0.3, -0.25) is 0 Å². The molecule has 1 saturated heterocycles. The summed E-state index contributed by atoms with van der Waals surface area (Å²) in [6, 6.07) is 6.62. The number of rotatable bonds is 4. The molecule has 22 heavy (non-hydrogen) atoms. The van der Waals surface area contributed by atoms with Crippen LogP contribution in [-0.2, 0) is 9.47 Å². The second-order valence-electron chi connectivity index (χ2n) is 5.21. The minimum absolute atomic E-state index is 0.0610. The monoisotopic (exact) mass is 307 g/mol. The molecule has 6 nitrogen and oxygen atoms in total. The van der Waals surface area contributed by atoms with Crippen LogP contribution in [0.2, 0.25) is 0 Å². The maximum absolute atomic E-state index is 11.5. The number of amides is 1. The second kappa shape index (κ2) is 7.26. The lowest BCUT2D eigenvalue weighted by Crippen LogP contribution is -2.42. The van der Waals surface area contributed by atoms with E-state index in [4.69, 9.17) is 4.74 Å². The lowest BCUT2D eigenvalue weighted by molar-refractivity contribution is -0.00595. The average molecular weight is 307 g/mol. The van der Waals surface area contributed by atoms with Crippen molar-refractivity contribution in [2.24, 2.45) is 0 Å². The Hall–Kier alpha value is -2.08. The van der Waals surface area contributed by atoms with E-state index in [2.05, 4.69) is 4.74 Å². The van der Waals surface area contributed by atoms with Gasteiger partial charge in [-0.1, -0.05) is 12.1 Å². The van der Waals surface area contributed by atoms with Crippen LogP contribution in [0.15, 0.2) is 24.3 Å². The zero-order valence-electron chi connectivity index (χ0n) is 12.8. The summed E-state index contributed by atoms with van der Waals surface area (Å²) in [7, 11) is 1.33. The van der Waals surface area contributed by atoms with E-state index in [1.807, 2.05) is 6.92 Å². The fourth-order valence-electron chi connectivity index (χ4n) is 2.82. The first kappa shape index (κ1) is 16.3. The molecule has 1 aliphatic rings. The minimum Gasteiger partial charge on any atom is -0.465 e. The number of benzene rings is 1. The Balaban J connectivity index is 2.20. The molecule has 1 aromatic rings. The Kier molecular flexibility index (Phi) is 5.38. The number of carbonyl (C=O) groups is 2. The number of hydrogen-bond acceptors (Lipinski definition) is 4. The number of methoxy groups -OCH3 is 1. The zero-order valence-corrected chi connectivity index (χ0v) is 12.8. The van der Waals surface area contributed by atoms with Gasteiger partial charge >= 0.3 is 12.1 Å². The van der Waals surface area contributed by atoms with Crippen LogP contribution in [0.3, 0.4) is 0 Å². The van der Waals surface area contributed by atoms with Crippen LogP contribution >= 0.6 is 0 Å². The van der Waals surface area contributed by atoms with E-state index in [0.29, 0.717) is 31.6 Å². The largest absolute Gasteiger partial charge is 0.465 e. The lowest BCUT2D eigenvalue weighted by Gasteiger charge is -2.37. The van der Waals surface area contributed by atoms with E-state index in [1.54, 1.807) is 24.3 Å². The summed E-state index contributed by atoms with van der Waals surface area (Å²) >= 11 is 0. The third-order valence-electron chi connectivity index (χ3n) is 3.92. The molecule has 120 valence electrons. The highest BCUT2D eigenvalue weighted by Gasteiger charge is 2.32. The molecule has 1 unspecified atom stereocenters. The Morgan fingerprint density at radius 1 is 1.32 bits per heavy atom. The molecule has 0 radical (unpaired) electrons. The Morgan fingerprint density at radius 3 is 2.55 bits per heavy atom. The van der Waals surface area contributed by atoms with Crippen molar-refractivity contribution >= 4 is 12.1 Å². The maximum atomic E-state index is 11.5. The van der Waals surface area contributed by atoms with Crippen LogP contribution in [-0.4, -0.2) is 48.4 Å². The van der Waals surface area contributed by atoms with E-state index in [-0.39, 0.29) is 12.1 Å². The quantitative estimate of drug-likeness (QED) is 0.866. The molecule has 0 aromatic heterocycles. The van der Waals surface area contributed by atoms with Crippen LogP contribution in [0.5, 0.6) is 0 Å². The van der Waals surface area contributed by atoms with E-state index in [1.165, 1.54) is 12.0 Å². The predicted molar refractivity (Wildman–Crippen MR) is 79.9 cm³/mol. The summed E-state index contributed by atoms with van der Waals surface area (Å²) < 4.78 is 10.3. The minimum atomic E-state index is -0.933. The van der Waals surface area contributed by atoms with Crippen molar-refractivity contribution in [1.29, 1.82) is 0 Å². The first-order valence-electron chi connectivity index (χ1n) is 7.36. The van der Waals surface area contributed by atoms with Crippen molar-refractivity contribution in [2.45, 2.75) is 31.9 Å². The van der Waals surface area contributed by atoms with Gasteiger partial charge in [0.15, 0.2) is 0 Å². The summed E-state index contributed by atoms with van der Waals surface area (Å²) in [5.74, 6) is -0.405. The van der Waals surface area contributed by atoms with E-state index in [9.17, 15) is 14.7 Å². The summed E-state index contributed by atoms with van der Waals surface area (Å²) in [5.41, 5.74) is 1.31. The molecular weight excluding hydrogens is 286 g/mol. The molecule has 1 N–H and O–H groups in total. The van der Waals surface area contributed by atoms with Crippen molar-refractivity contribution in [3.8, 4) is 0 Å². The van der Waals surface area contributed by atoms with Gasteiger partial charge in [-0.2, -0.15) is 0 Å². The number of hydrogen-bond donors (Lipinski definition) is 1. The number of ether oxygens (including phenoxy) is 2. The van der Waals surface area contributed by atoms with E-state index in [0.717, 1.165) is 5.56 Å². The number of likely N-dealkylation sites (tertiary alicyclic amines) is 1. The molecule has 0 saturated carbocycles. The standard InChI is InChI=1S/C16H21NO5/c1-3-22-13-8-9-17(16(19)20)14(10-13)11-4-6-12(7-5-11)15(18)21-2/h4-7,13-14H,3,8-10H2,1-2H3,(H,19,20)/t13-,14?/m0/s1. The lowest BCUT2D eigenvalue weighted by atomic mass is 9.93. The van der Waals surface area contributed by atoms with Gasteiger partial charge in [0.05, 0.1) is 24.8 Å². The van der Waals surface area contributed by atoms with Gasteiger partial charge in [-0.05, 0) is 37.5 Å². The molecule has 1 amide bonds. The van der Waals surface area contributed by atoms with Crippen molar-refractivity contribution in [3.63, 3.8) is 0 Å². The number of nitrogens with zero attached hydrogens (tertiary/aromatic N) is 1. The highest BCUT2D eigenvalue weighted by Crippen LogP contribution is 2.32. The SMILES string of the molecule is CCO[C@H]1CCN(C(=O)O)C(c2ccc(C(=O)OC)cc2)C1. The van der Waals surface area contributed by atoms with Gasteiger partial charge in [0, 0.05) is 13.2 Å². The predicted octanol–water partition coefficient (Wildman–Crippen LogP) is 2.69. The van der Waals surface area contributed by atoms with Gasteiger partial charge in [-0.25, -0.2) is 9.59 Å². The highest BCUT2D eigenvalue weighted by molar-refractivity contribution is 5.89. The number of esters is 1. The molecule has 6 heteroatoms. The topological polar surface area (TPSA) is 76.1 Å². The van der Waals surface area contributed by atoms with Gasteiger partial charge in [-0.15, -0.1) is 0 Å². The second-order valence-corrected chi connectivity index (χ2v) is 5.21. The molecule has 0 aliphatic carbocycles. The summed E-state index contributed by atoms with van der Waals surface area (Å²) in [6.07, 6.45) is 0.456. The van der Waals surface area contributed by atoms with Crippen LogP contribution in [0.4, 0.5) is 4.79 Å². The highest BCUT2D eigenvalue weighted by atomic mass is 16.5. The van der Waals surface area contributed by atoms with E-state index >= 15 is 0 Å². The maximum Gasteiger partial charge on any atom is 0.407 e. The summed E-state index contributed by atoms with van der Waals surface area (Å²) in [4.78, 5) is 24.3. The molecule has 1 aromatic carbocycles. The molecule has 1 heterocycles. The molecule has 2 atom stereocenters. The molecule has 1 fully saturated rings. The molecule has 1 aliphatic heterocycles. The van der Waals surface area contributed by atoms with E-state index < -0.39 is 12.1 Å². The van der Waals surface area contributed by atoms with Crippen molar-refractivity contribution in [1.82, 2.24) is 4.90 Å². The summed E-state index contributed by atoms with van der Waals surface area (Å²) in [6.45, 7) is 3.00. The Bertz CT molecular complexity index is 528. The number of carboxylic acid groups (broad SMARTS) is 1. The number of piperidine rings is 1. The van der Waals surface area contributed by atoms with Crippen molar-refractivity contribution < 1.29 is 24.2 Å². The Morgan fingerprint density at radius 2 is 2.00 bits per heavy atom. The fourth-order valence-corrected chi connectivity index (χ4v) is 2.82.